The minimum absolute atomic E-state index is 0.0235. The number of amides is 1. The van der Waals surface area contributed by atoms with E-state index in [9.17, 15) is 9.59 Å². The van der Waals surface area contributed by atoms with Gasteiger partial charge in [0.25, 0.3) is 5.91 Å². The highest BCUT2D eigenvalue weighted by molar-refractivity contribution is 6.32. The summed E-state index contributed by atoms with van der Waals surface area (Å²) in [5, 5.41) is 3.68. The first-order chi connectivity index (χ1) is 14.8. The topological polar surface area (TPSA) is 80.2 Å². The van der Waals surface area contributed by atoms with Gasteiger partial charge in [-0.05, 0) is 49.7 Å². The van der Waals surface area contributed by atoms with Crippen molar-refractivity contribution in [2.45, 2.75) is 26.5 Å². The van der Waals surface area contributed by atoms with Gasteiger partial charge < -0.3 is 14.4 Å². The Balaban J connectivity index is 1.97. The molecule has 2 aromatic rings. The maximum atomic E-state index is 12.5. The molecule has 1 aliphatic heterocycles. The fraction of sp³-hybridized carbons (Fsp3) is 0.227. The normalized spacial score (nSPS) is 16.2. The van der Waals surface area contributed by atoms with Crippen LogP contribution in [0.25, 0.3) is 0 Å². The number of halogens is 2. The maximum Gasteiger partial charge on any atom is 0.332 e. The third kappa shape index (κ3) is 5.77. The van der Waals surface area contributed by atoms with Crippen molar-refractivity contribution in [3.63, 3.8) is 0 Å². The molecule has 9 heteroatoms. The predicted octanol–water partition coefficient (Wildman–Crippen LogP) is 4.46. The molecule has 1 saturated heterocycles. The number of esters is 1. The van der Waals surface area contributed by atoms with Crippen molar-refractivity contribution in [3.05, 3.63) is 69.8 Å². The molecule has 0 aliphatic carbocycles. The molecule has 3 rings (SSSR count). The Morgan fingerprint density at radius 3 is 2.52 bits per heavy atom. The van der Waals surface area contributed by atoms with Gasteiger partial charge in [-0.3, -0.25) is 10.1 Å². The average Bonchev–Trinajstić information content (AvgIpc) is 2.99. The SMILES string of the molecule is COC(=O)/C=C1/C(=O)N/C(=N\c2ccc(OC(C)C)c(Cl)c2)N1Cc1ccc(Cl)cc1. The number of guanidine groups is 1. The summed E-state index contributed by atoms with van der Waals surface area (Å²) in [4.78, 5) is 30.5. The highest BCUT2D eigenvalue weighted by Crippen LogP contribution is 2.30. The summed E-state index contributed by atoms with van der Waals surface area (Å²) in [5.74, 6) is -0.321. The van der Waals surface area contributed by atoms with E-state index in [4.69, 9.17) is 27.9 Å². The van der Waals surface area contributed by atoms with Gasteiger partial charge in [0.2, 0.25) is 5.96 Å². The molecule has 0 bridgehead atoms. The fourth-order valence-corrected chi connectivity index (χ4v) is 3.18. The zero-order valence-electron chi connectivity index (χ0n) is 17.2. The van der Waals surface area contributed by atoms with Crippen LogP contribution in [-0.2, 0) is 20.9 Å². The Kier molecular flexibility index (Phi) is 7.20. The summed E-state index contributed by atoms with van der Waals surface area (Å²) in [7, 11) is 1.24. The lowest BCUT2D eigenvalue weighted by molar-refractivity contribution is -0.135. The van der Waals surface area contributed by atoms with Gasteiger partial charge in [-0.2, -0.15) is 0 Å². The molecule has 0 unspecified atom stereocenters. The molecule has 0 atom stereocenters. The molecular weight excluding hydrogens is 441 g/mol. The minimum Gasteiger partial charge on any atom is -0.489 e. The number of benzene rings is 2. The van der Waals surface area contributed by atoms with E-state index >= 15 is 0 Å². The van der Waals surface area contributed by atoms with Crippen molar-refractivity contribution in [2.24, 2.45) is 4.99 Å². The molecule has 7 nitrogen and oxygen atoms in total. The second kappa shape index (κ2) is 9.85. The number of carbonyl (C=O) groups is 2. The van der Waals surface area contributed by atoms with Crippen LogP contribution in [0.5, 0.6) is 5.75 Å². The number of rotatable bonds is 6. The lowest BCUT2D eigenvalue weighted by Crippen LogP contribution is -2.29. The summed E-state index contributed by atoms with van der Waals surface area (Å²) < 4.78 is 10.3. The van der Waals surface area contributed by atoms with Crippen LogP contribution in [0.4, 0.5) is 5.69 Å². The molecule has 0 saturated carbocycles. The van der Waals surface area contributed by atoms with Gasteiger partial charge in [-0.1, -0.05) is 35.3 Å². The molecule has 1 amide bonds. The van der Waals surface area contributed by atoms with Crippen molar-refractivity contribution in [1.82, 2.24) is 10.2 Å². The lowest BCUT2D eigenvalue weighted by atomic mass is 10.2. The molecule has 1 N–H and O–H groups in total. The van der Waals surface area contributed by atoms with Crippen LogP contribution >= 0.6 is 23.2 Å². The van der Waals surface area contributed by atoms with E-state index in [1.165, 1.54) is 7.11 Å². The van der Waals surface area contributed by atoms with Gasteiger partial charge in [0.1, 0.15) is 11.4 Å². The van der Waals surface area contributed by atoms with Crippen LogP contribution in [0.1, 0.15) is 19.4 Å². The number of hydrogen-bond acceptors (Lipinski definition) is 5. The fourth-order valence-electron chi connectivity index (χ4n) is 2.84. The van der Waals surface area contributed by atoms with E-state index in [0.29, 0.717) is 21.5 Å². The smallest absolute Gasteiger partial charge is 0.332 e. The minimum atomic E-state index is -0.647. The first kappa shape index (κ1) is 22.7. The zero-order chi connectivity index (χ0) is 22.5. The molecule has 0 aromatic heterocycles. The van der Waals surface area contributed by atoms with E-state index in [1.54, 1.807) is 35.2 Å². The average molecular weight is 462 g/mol. The number of nitrogens with one attached hydrogen (secondary N) is 1. The molecule has 1 fully saturated rings. The highest BCUT2D eigenvalue weighted by Gasteiger charge is 2.32. The summed E-state index contributed by atoms with van der Waals surface area (Å²) in [5.41, 5.74) is 1.49. The molecule has 1 aliphatic rings. The third-order valence-electron chi connectivity index (χ3n) is 4.23. The largest absolute Gasteiger partial charge is 0.489 e. The molecule has 0 spiro atoms. The highest BCUT2D eigenvalue weighted by atomic mass is 35.5. The molecular formula is C22H21Cl2N3O4. The van der Waals surface area contributed by atoms with E-state index in [0.717, 1.165) is 11.6 Å². The van der Waals surface area contributed by atoms with Crippen LogP contribution in [-0.4, -0.2) is 35.9 Å². The first-order valence-corrected chi connectivity index (χ1v) is 10.2. The van der Waals surface area contributed by atoms with Crippen molar-refractivity contribution in [1.29, 1.82) is 0 Å². The molecule has 2 aromatic carbocycles. The summed E-state index contributed by atoms with van der Waals surface area (Å²) in [6.07, 6.45) is 1.10. The third-order valence-corrected chi connectivity index (χ3v) is 4.77. The summed E-state index contributed by atoms with van der Waals surface area (Å²) in [6.45, 7) is 4.09. The molecule has 1 heterocycles. The van der Waals surface area contributed by atoms with Crippen LogP contribution in [0.15, 0.2) is 59.2 Å². The maximum absolute atomic E-state index is 12.5. The van der Waals surface area contributed by atoms with Gasteiger partial charge in [0, 0.05) is 5.02 Å². The lowest BCUT2D eigenvalue weighted by Gasteiger charge is -2.18. The van der Waals surface area contributed by atoms with Gasteiger partial charge in [0.05, 0.1) is 36.5 Å². The Morgan fingerprint density at radius 1 is 1.19 bits per heavy atom. The standard InChI is InChI=1S/C22H21Cl2N3O4/c1-13(2)31-19-9-8-16(10-17(19)24)25-22-26-21(29)18(11-20(28)30-3)27(22)12-14-4-6-15(23)7-5-14/h4-11,13H,12H2,1-3H3,(H,25,26,29)/b18-11-. The summed E-state index contributed by atoms with van der Waals surface area (Å²) in [6, 6.07) is 12.2. The molecule has 162 valence electrons. The Hall–Kier alpha value is -3.03. The second-order valence-electron chi connectivity index (χ2n) is 6.94. The Bertz CT molecular complexity index is 1050. The van der Waals surface area contributed by atoms with E-state index in [2.05, 4.69) is 15.0 Å². The van der Waals surface area contributed by atoms with Crippen molar-refractivity contribution in [2.75, 3.05) is 7.11 Å². The number of hydrogen-bond donors (Lipinski definition) is 1. The van der Waals surface area contributed by atoms with Crippen LogP contribution in [0.2, 0.25) is 10.0 Å². The number of aliphatic imine (C=N–C) groups is 1. The van der Waals surface area contributed by atoms with Crippen molar-refractivity contribution in [3.8, 4) is 5.75 Å². The van der Waals surface area contributed by atoms with Gasteiger partial charge >= 0.3 is 5.97 Å². The number of methoxy groups -OCH3 is 1. The van der Waals surface area contributed by atoms with Gasteiger partial charge in [-0.15, -0.1) is 0 Å². The Labute approximate surface area is 190 Å². The Morgan fingerprint density at radius 2 is 1.90 bits per heavy atom. The quantitative estimate of drug-likeness (QED) is 0.507. The predicted molar refractivity (Wildman–Crippen MR) is 120 cm³/mol. The van der Waals surface area contributed by atoms with Crippen LogP contribution in [0.3, 0.4) is 0 Å². The van der Waals surface area contributed by atoms with Crippen LogP contribution in [0, 0.1) is 0 Å². The van der Waals surface area contributed by atoms with E-state index in [1.807, 2.05) is 26.0 Å². The first-order valence-electron chi connectivity index (χ1n) is 9.44. The van der Waals surface area contributed by atoms with Crippen LogP contribution < -0.4 is 10.1 Å². The number of ether oxygens (including phenoxy) is 2. The molecule has 31 heavy (non-hydrogen) atoms. The van der Waals surface area contributed by atoms with E-state index < -0.39 is 11.9 Å². The monoisotopic (exact) mass is 461 g/mol. The van der Waals surface area contributed by atoms with Gasteiger partial charge in [-0.25, -0.2) is 9.79 Å². The van der Waals surface area contributed by atoms with E-state index in [-0.39, 0.29) is 24.3 Å². The van der Waals surface area contributed by atoms with Crippen molar-refractivity contribution < 1.29 is 19.1 Å². The second-order valence-corrected chi connectivity index (χ2v) is 7.78. The molecule has 0 radical (unpaired) electrons. The summed E-state index contributed by atoms with van der Waals surface area (Å²) >= 11 is 12.3. The van der Waals surface area contributed by atoms with Gasteiger partial charge in [0.15, 0.2) is 0 Å². The number of carbonyl (C=O) groups excluding carboxylic acids is 2. The van der Waals surface area contributed by atoms with Crippen molar-refractivity contribution >= 4 is 46.7 Å². The zero-order valence-corrected chi connectivity index (χ0v) is 18.7. The number of nitrogens with zero attached hydrogens (tertiary/aromatic N) is 2.